The lowest BCUT2D eigenvalue weighted by molar-refractivity contribution is 0.192. The summed E-state index contributed by atoms with van der Waals surface area (Å²) in [5.41, 5.74) is 9.57. The molecule has 0 aliphatic rings. The second-order valence-electron chi connectivity index (χ2n) is 6.32. The van der Waals surface area contributed by atoms with E-state index in [1.165, 1.54) is 5.56 Å². The van der Waals surface area contributed by atoms with Crippen molar-refractivity contribution in [2.45, 2.75) is 39.8 Å². The van der Waals surface area contributed by atoms with Gasteiger partial charge in [-0.15, -0.1) is 0 Å². The number of rotatable bonds is 8. The fourth-order valence-electron chi connectivity index (χ4n) is 2.82. The zero-order chi connectivity index (χ0) is 18.2. The first-order chi connectivity index (χ1) is 12.0. The molecule has 0 aliphatic heterocycles. The molecule has 0 radical (unpaired) electrons. The monoisotopic (exact) mass is 341 g/mol. The Morgan fingerprint density at radius 3 is 2.76 bits per heavy atom. The highest BCUT2D eigenvalue weighted by Crippen LogP contribution is 2.21. The summed E-state index contributed by atoms with van der Waals surface area (Å²) < 4.78 is 0. The molecule has 1 atom stereocenters. The Labute approximate surface area is 149 Å². The smallest absolute Gasteiger partial charge is 0.312 e. The predicted octanol–water partition coefficient (Wildman–Crippen LogP) is 2.72. The van der Waals surface area contributed by atoms with Crippen molar-refractivity contribution in [1.82, 2.24) is 20.2 Å². The minimum atomic E-state index is -0.486. The first-order valence-corrected chi connectivity index (χ1v) is 8.57. The summed E-state index contributed by atoms with van der Waals surface area (Å²) in [5.74, 6) is 0. The lowest BCUT2D eigenvalue weighted by Crippen LogP contribution is -2.34. The van der Waals surface area contributed by atoms with Crippen LogP contribution in [0.4, 0.5) is 4.79 Å². The summed E-state index contributed by atoms with van der Waals surface area (Å²) in [6.07, 6.45) is 4.53. The van der Waals surface area contributed by atoms with Crippen LogP contribution in [0, 0.1) is 13.8 Å². The molecule has 0 spiro atoms. The summed E-state index contributed by atoms with van der Waals surface area (Å²) in [6.45, 7) is 8.39. The van der Waals surface area contributed by atoms with Crippen LogP contribution in [0.25, 0.3) is 0 Å². The molecule has 6 nitrogen and oxygen atoms in total. The van der Waals surface area contributed by atoms with Crippen LogP contribution in [-0.4, -0.2) is 34.0 Å². The molecule has 2 aromatic rings. The van der Waals surface area contributed by atoms with E-state index in [0.29, 0.717) is 6.54 Å². The summed E-state index contributed by atoms with van der Waals surface area (Å²) in [7, 11) is 0. The Hall–Kier alpha value is -2.47. The van der Waals surface area contributed by atoms with Gasteiger partial charge in [0.15, 0.2) is 0 Å². The third-order valence-corrected chi connectivity index (χ3v) is 4.26. The Balaban J connectivity index is 2.11. The van der Waals surface area contributed by atoms with E-state index in [1.54, 1.807) is 0 Å². The fraction of sp³-hybridized carbons (Fsp3) is 0.421. The summed E-state index contributed by atoms with van der Waals surface area (Å²) in [5, 5.41) is 2.64. The van der Waals surface area contributed by atoms with Crippen molar-refractivity contribution in [2.75, 3.05) is 13.1 Å². The van der Waals surface area contributed by atoms with E-state index in [2.05, 4.69) is 40.1 Å². The van der Waals surface area contributed by atoms with Gasteiger partial charge in [-0.05, 0) is 50.5 Å². The van der Waals surface area contributed by atoms with Gasteiger partial charge in [0, 0.05) is 38.1 Å². The number of amides is 2. The number of primary amides is 1. The SMILES string of the molecule is Cc1cnc(CN(CCCNC(N)=O)C(C)c2ccccn2)c(C)c1. The number of hydrogen-bond acceptors (Lipinski definition) is 4. The molecule has 0 aromatic carbocycles. The van der Waals surface area contributed by atoms with Crippen LogP contribution in [0.2, 0.25) is 0 Å². The molecule has 3 N–H and O–H groups in total. The number of hydrogen-bond donors (Lipinski definition) is 2. The van der Waals surface area contributed by atoms with Crippen LogP contribution in [0.15, 0.2) is 36.7 Å². The van der Waals surface area contributed by atoms with E-state index in [-0.39, 0.29) is 6.04 Å². The van der Waals surface area contributed by atoms with Crippen molar-refractivity contribution in [3.8, 4) is 0 Å². The molecule has 2 amide bonds. The van der Waals surface area contributed by atoms with Gasteiger partial charge in [-0.25, -0.2) is 4.79 Å². The number of aromatic nitrogens is 2. The maximum absolute atomic E-state index is 10.8. The predicted molar refractivity (Wildman–Crippen MR) is 99.0 cm³/mol. The number of nitrogens with two attached hydrogens (primary N) is 1. The zero-order valence-electron chi connectivity index (χ0n) is 15.2. The van der Waals surface area contributed by atoms with Crippen molar-refractivity contribution < 1.29 is 4.79 Å². The number of aryl methyl sites for hydroxylation is 2. The standard InChI is InChI=1S/C19H27N5O/c1-14-11-15(2)18(23-12-14)13-24(10-6-9-22-19(20)25)16(3)17-7-4-5-8-21-17/h4-5,7-8,11-12,16H,6,9-10,13H2,1-3H3,(H3,20,22,25). The van der Waals surface area contributed by atoms with Crippen molar-refractivity contribution in [3.63, 3.8) is 0 Å². The normalized spacial score (nSPS) is 12.2. The van der Waals surface area contributed by atoms with Crippen LogP contribution >= 0.6 is 0 Å². The van der Waals surface area contributed by atoms with Gasteiger partial charge in [-0.2, -0.15) is 0 Å². The maximum Gasteiger partial charge on any atom is 0.312 e. The highest BCUT2D eigenvalue weighted by molar-refractivity contribution is 5.71. The van der Waals surface area contributed by atoms with Crippen LogP contribution in [0.5, 0.6) is 0 Å². The summed E-state index contributed by atoms with van der Waals surface area (Å²) >= 11 is 0. The van der Waals surface area contributed by atoms with Gasteiger partial charge in [0.1, 0.15) is 0 Å². The van der Waals surface area contributed by atoms with Gasteiger partial charge < -0.3 is 11.1 Å². The average Bonchev–Trinajstić information content (AvgIpc) is 2.59. The van der Waals surface area contributed by atoms with Crippen molar-refractivity contribution in [2.24, 2.45) is 5.73 Å². The molecule has 2 aromatic heterocycles. The van der Waals surface area contributed by atoms with E-state index in [1.807, 2.05) is 37.5 Å². The molecule has 2 rings (SSSR count). The highest BCUT2D eigenvalue weighted by Gasteiger charge is 2.18. The molecule has 0 saturated carbocycles. The number of carbonyl (C=O) groups is 1. The first-order valence-electron chi connectivity index (χ1n) is 8.57. The molecule has 6 heteroatoms. The van der Waals surface area contributed by atoms with Crippen LogP contribution in [0.3, 0.4) is 0 Å². The van der Waals surface area contributed by atoms with Gasteiger partial charge in [0.2, 0.25) is 0 Å². The zero-order valence-corrected chi connectivity index (χ0v) is 15.2. The van der Waals surface area contributed by atoms with Crippen molar-refractivity contribution >= 4 is 6.03 Å². The van der Waals surface area contributed by atoms with Crippen LogP contribution in [0.1, 0.15) is 41.9 Å². The number of pyridine rings is 2. The Kier molecular flexibility index (Phi) is 6.89. The number of nitrogens with one attached hydrogen (secondary N) is 1. The van der Waals surface area contributed by atoms with Crippen molar-refractivity contribution in [3.05, 3.63) is 59.2 Å². The lowest BCUT2D eigenvalue weighted by atomic mass is 10.1. The number of nitrogens with zero attached hydrogens (tertiary/aromatic N) is 3. The Bertz CT molecular complexity index is 689. The van der Waals surface area contributed by atoms with E-state index in [0.717, 1.165) is 36.5 Å². The Morgan fingerprint density at radius 1 is 1.32 bits per heavy atom. The molecule has 0 bridgehead atoms. The number of carbonyl (C=O) groups excluding carboxylic acids is 1. The van der Waals surface area contributed by atoms with E-state index in [4.69, 9.17) is 5.73 Å². The number of urea groups is 1. The van der Waals surface area contributed by atoms with Gasteiger partial charge in [0.05, 0.1) is 11.4 Å². The topological polar surface area (TPSA) is 84.1 Å². The van der Waals surface area contributed by atoms with Gasteiger partial charge in [-0.1, -0.05) is 12.1 Å². The second-order valence-corrected chi connectivity index (χ2v) is 6.32. The maximum atomic E-state index is 10.8. The van der Waals surface area contributed by atoms with Gasteiger partial charge >= 0.3 is 6.03 Å². The largest absolute Gasteiger partial charge is 0.352 e. The third-order valence-electron chi connectivity index (χ3n) is 4.26. The average molecular weight is 341 g/mol. The van der Waals surface area contributed by atoms with Crippen LogP contribution in [-0.2, 0) is 6.54 Å². The van der Waals surface area contributed by atoms with Crippen molar-refractivity contribution in [1.29, 1.82) is 0 Å². The van der Waals surface area contributed by atoms with Gasteiger partial charge in [-0.3, -0.25) is 14.9 Å². The van der Waals surface area contributed by atoms with Crippen LogP contribution < -0.4 is 11.1 Å². The molecule has 0 saturated heterocycles. The molecule has 0 fully saturated rings. The second kappa shape index (κ2) is 9.13. The third kappa shape index (κ3) is 5.83. The van der Waals surface area contributed by atoms with E-state index >= 15 is 0 Å². The molecule has 1 unspecified atom stereocenters. The molecule has 134 valence electrons. The quantitative estimate of drug-likeness (QED) is 0.723. The molecular formula is C19H27N5O. The lowest BCUT2D eigenvalue weighted by Gasteiger charge is -2.29. The minimum Gasteiger partial charge on any atom is -0.352 e. The fourth-order valence-corrected chi connectivity index (χ4v) is 2.82. The van der Waals surface area contributed by atoms with E-state index in [9.17, 15) is 4.79 Å². The molecule has 25 heavy (non-hydrogen) atoms. The summed E-state index contributed by atoms with van der Waals surface area (Å²) in [6, 6.07) is 7.78. The molecular weight excluding hydrogens is 314 g/mol. The Morgan fingerprint density at radius 2 is 2.12 bits per heavy atom. The highest BCUT2D eigenvalue weighted by atomic mass is 16.2. The van der Waals surface area contributed by atoms with E-state index < -0.39 is 6.03 Å². The minimum absolute atomic E-state index is 0.150. The summed E-state index contributed by atoms with van der Waals surface area (Å²) in [4.78, 5) is 22.3. The first kappa shape index (κ1) is 18.9. The van der Waals surface area contributed by atoms with Gasteiger partial charge in [0.25, 0.3) is 0 Å². The molecule has 2 heterocycles. The molecule has 0 aliphatic carbocycles.